The van der Waals surface area contributed by atoms with Crippen LogP contribution in [0.1, 0.15) is 65.2 Å². The van der Waals surface area contributed by atoms with Crippen LogP contribution in [0, 0.1) is 0 Å². The van der Waals surface area contributed by atoms with Crippen LogP contribution in [0.15, 0.2) is 0 Å². The minimum Gasteiger partial charge on any atom is -0.313 e. The average Bonchev–Trinajstić information content (AvgIpc) is 2.38. The third-order valence-electron chi connectivity index (χ3n) is 4.80. The van der Waals surface area contributed by atoms with E-state index in [4.69, 9.17) is 0 Å². The number of likely N-dealkylation sites (tertiary alicyclic amines) is 1. The third kappa shape index (κ3) is 3.45. The summed E-state index contributed by atoms with van der Waals surface area (Å²) in [6.07, 6.45) is 11.2. The maximum absolute atomic E-state index is 3.72. The lowest BCUT2D eigenvalue weighted by atomic mass is 9.80. The lowest BCUT2D eigenvalue weighted by molar-refractivity contribution is 0.0361. The molecule has 1 heterocycles. The van der Waals surface area contributed by atoms with Gasteiger partial charge < -0.3 is 5.32 Å². The highest BCUT2D eigenvalue weighted by Crippen LogP contribution is 2.34. The molecule has 100 valence electrons. The zero-order chi connectivity index (χ0) is 12.1. The summed E-state index contributed by atoms with van der Waals surface area (Å²) in [5.74, 6) is 0. The van der Waals surface area contributed by atoms with Gasteiger partial charge in [-0.3, -0.25) is 4.90 Å². The summed E-state index contributed by atoms with van der Waals surface area (Å²) in [5.41, 5.74) is 0.519. The van der Waals surface area contributed by atoms with Gasteiger partial charge in [-0.1, -0.05) is 26.2 Å². The average molecular weight is 238 g/mol. The normalized spacial score (nSPS) is 30.4. The van der Waals surface area contributed by atoms with Crippen LogP contribution >= 0.6 is 0 Å². The van der Waals surface area contributed by atoms with Crippen LogP contribution in [-0.4, -0.2) is 36.1 Å². The maximum atomic E-state index is 3.72. The lowest BCUT2D eigenvalue weighted by Crippen LogP contribution is -2.55. The molecule has 2 aliphatic rings. The molecule has 1 N–H and O–H groups in total. The smallest absolute Gasteiger partial charge is 0.0195 e. The Labute approximate surface area is 107 Å². The molecule has 1 saturated heterocycles. The molecule has 1 atom stereocenters. The molecule has 2 fully saturated rings. The summed E-state index contributed by atoms with van der Waals surface area (Å²) in [6.45, 7) is 8.58. The summed E-state index contributed by atoms with van der Waals surface area (Å²) in [6, 6.07) is 0.752. The first-order valence-corrected chi connectivity index (χ1v) is 7.73. The van der Waals surface area contributed by atoms with Crippen LogP contribution < -0.4 is 5.32 Å². The van der Waals surface area contributed by atoms with E-state index in [1.165, 1.54) is 71.0 Å². The van der Waals surface area contributed by atoms with E-state index in [2.05, 4.69) is 24.1 Å². The second kappa shape index (κ2) is 6.19. The molecule has 0 radical (unpaired) electrons. The summed E-state index contributed by atoms with van der Waals surface area (Å²) >= 11 is 0. The fourth-order valence-electron chi connectivity index (χ4n) is 3.61. The van der Waals surface area contributed by atoms with Crippen molar-refractivity contribution in [3.8, 4) is 0 Å². The molecule has 2 heteroatoms. The zero-order valence-corrected chi connectivity index (χ0v) is 11.8. The van der Waals surface area contributed by atoms with Gasteiger partial charge in [0.25, 0.3) is 0 Å². The van der Waals surface area contributed by atoms with Crippen LogP contribution in [0.5, 0.6) is 0 Å². The number of hydrogen-bond donors (Lipinski definition) is 1. The predicted molar refractivity (Wildman–Crippen MR) is 74.4 cm³/mol. The van der Waals surface area contributed by atoms with Crippen molar-refractivity contribution in [2.45, 2.75) is 76.8 Å². The number of nitrogens with zero attached hydrogens (tertiary/aromatic N) is 1. The van der Waals surface area contributed by atoms with Crippen LogP contribution in [0.25, 0.3) is 0 Å². The van der Waals surface area contributed by atoms with Gasteiger partial charge in [0.2, 0.25) is 0 Å². The van der Waals surface area contributed by atoms with Crippen molar-refractivity contribution in [1.29, 1.82) is 0 Å². The molecule has 0 aromatic carbocycles. The molecule has 1 aliphatic carbocycles. The number of hydrogen-bond acceptors (Lipinski definition) is 2. The van der Waals surface area contributed by atoms with Crippen molar-refractivity contribution in [3.63, 3.8) is 0 Å². The van der Waals surface area contributed by atoms with Crippen molar-refractivity contribution < 1.29 is 0 Å². The van der Waals surface area contributed by atoms with Gasteiger partial charge >= 0.3 is 0 Å². The standard InChI is InChI=1S/C15H30N2/c1-3-11-16-14-8-7-12-17(13-14)15(2)9-5-4-6-10-15/h14,16H,3-13H2,1-2H3. The van der Waals surface area contributed by atoms with Crippen LogP contribution in [0.3, 0.4) is 0 Å². The van der Waals surface area contributed by atoms with E-state index in [0.717, 1.165) is 6.04 Å². The SMILES string of the molecule is CCCNC1CCCN(C2(C)CCCCC2)C1. The van der Waals surface area contributed by atoms with Crippen molar-refractivity contribution >= 4 is 0 Å². The fourth-order valence-corrected chi connectivity index (χ4v) is 3.61. The van der Waals surface area contributed by atoms with E-state index in [0.29, 0.717) is 5.54 Å². The van der Waals surface area contributed by atoms with Gasteiger partial charge in [0.1, 0.15) is 0 Å². The predicted octanol–water partition coefficient (Wildman–Crippen LogP) is 3.17. The molecule has 0 aromatic heterocycles. The Kier molecular flexibility index (Phi) is 4.87. The van der Waals surface area contributed by atoms with Crippen molar-refractivity contribution in [2.24, 2.45) is 0 Å². The van der Waals surface area contributed by atoms with Crippen LogP contribution in [0.4, 0.5) is 0 Å². The summed E-state index contributed by atoms with van der Waals surface area (Å²) in [4.78, 5) is 2.79. The fraction of sp³-hybridized carbons (Fsp3) is 1.00. The van der Waals surface area contributed by atoms with E-state index in [9.17, 15) is 0 Å². The first-order valence-electron chi connectivity index (χ1n) is 7.73. The number of nitrogens with one attached hydrogen (secondary N) is 1. The van der Waals surface area contributed by atoms with E-state index in [1.807, 2.05) is 0 Å². The van der Waals surface area contributed by atoms with Crippen LogP contribution in [-0.2, 0) is 0 Å². The zero-order valence-electron chi connectivity index (χ0n) is 11.8. The second-order valence-corrected chi connectivity index (χ2v) is 6.30. The van der Waals surface area contributed by atoms with E-state index in [1.54, 1.807) is 0 Å². The summed E-state index contributed by atoms with van der Waals surface area (Å²) < 4.78 is 0. The molecule has 1 aliphatic heterocycles. The molecule has 1 unspecified atom stereocenters. The highest BCUT2D eigenvalue weighted by molar-refractivity contribution is 4.93. The molecule has 17 heavy (non-hydrogen) atoms. The third-order valence-corrected chi connectivity index (χ3v) is 4.80. The number of rotatable bonds is 4. The second-order valence-electron chi connectivity index (χ2n) is 6.30. The van der Waals surface area contributed by atoms with Crippen molar-refractivity contribution in [3.05, 3.63) is 0 Å². The molecular formula is C15H30N2. The molecular weight excluding hydrogens is 208 g/mol. The van der Waals surface area contributed by atoms with Gasteiger partial charge in [0.15, 0.2) is 0 Å². The minimum absolute atomic E-state index is 0.519. The lowest BCUT2D eigenvalue weighted by Gasteiger charge is -2.48. The largest absolute Gasteiger partial charge is 0.313 e. The maximum Gasteiger partial charge on any atom is 0.0195 e. The highest BCUT2D eigenvalue weighted by atomic mass is 15.2. The Morgan fingerprint density at radius 3 is 2.65 bits per heavy atom. The van der Waals surface area contributed by atoms with Crippen molar-refractivity contribution in [2.75, 3.05) is 19.6 Å². The Morgan fingerprint density at radius 1 is 1.18 bits per heavy atom. The molecule has 2 nitrogen and oxygen atoms in total. The van der Waals surface area contributed by atoms with Gasteiger partial charge in [-0.2, -0.15) is 0 Å². The quantitative estimate of drug-likeness (QED) is 0.809. The van der Waals surface area contributed by atoms with Gasteiger partial charge in [-0.05, 0) is 52.1 Å². The Balaban J connectivity index is 1.87. The van der Waals surface area contributed by atoms with Gasteiger partial charge in [0, 0.05) is 18.1 Å². The van der Waals surface area contributed by atoms with Crippen molar-refractivity contribution in [1.82, 2.24) is 10.2 Å². The van der Waals surface area contributed by atoms with E-state index >= 15 is 0 Å². The molecule has 2 rings (SSSR count). The number of piperidine rings is 1. The first-order chi connectivity index (χ1) is 8.24. The van der Waals surface area contributed by atoms with Gasteiger partial charge in [0.05, 0.1) is 0 Å². The Bertz CT molecular complexity index is 221. The minimum atomic E-state index is 0.519. The molecule has 0 amide bonds. The first kappa shape index (κ1) is 13.4. The highest BCUT2D eigenvalue weighted by Gasteiger charge is 2.35. The monoisotopic (exact) mass is 238 g/mol. The molecule has 0 aromatic rings. The Morgan fingerprint density at radius 2 is 1.94 bits per heavy atom. The van der Waals surface area contributed by atoms with E-state index in [-0.39, 0.29) is 0 Å². The van der Waals surface area contributed by atoms with Gasteiger partial charge in [-0.15, -0.1) is 0 Å². The summed E-state index contributed by atoms with van der Waals surface area (Å²) in [7, 11) is 0. The molecule has 1 saturated carbocycles. The van der Waals surface area contributed by atoms with Crippen LogP contribution in [0.2, 0.25) is 0 Å². The summed E-state index contributed by atoms with van der Waals surface area (Å²) in [5, 5.41) is 3.72. The van der Waals surface area contributed by atoms with E-state index < -0.39 is 0 Å². The molecule has 0 spiro atoms. The topological polar surface area (TPSA) is 15.3 Å². The molecule has 0 bridgehead atoms. The Hall–Kier alpha value is -0.0800. The van der Waals surface area contributed by atoms with Gasteiger partial charge in [-0.25, -0.2) is 0 Å².